The molecule has 24 heavy (non-hydrogen) atoms. The Kier molecular flexibility index (Phi) is 3.23. The average Bonchev–Trinajstić information content (AvgIpc) is 3.17. The second kappa shape index (κ2) is 5.30. The monoisotopic (exact) mass is 330 g/mol. The Balaban J connectivity index is 1.87. The van der Waals surface area contributed by atoms with Crippen LogP contribution in [0.1, 0.15) is 22.8 Å². The van der Waals surface area contributed by atoms with Gasteiger partial charge in [0.15, 0.2) is 11.5 Å². The van der Waals surface area contributed by atoms with E-state index in [2.05, 4.69) is 0 Å². The molecule has 0 saturated heterocycles. The van der Waals surface area contributed by atoms with Crippen molar-refractivity contribution in [3.8, 4) is 17.2 Å². The van der Waals surface area contributed by atoms with Crippen LogP contribution in [0.4, 0.5) is 0 Å². The SMILES string of the molecule is COC(=O)[C@H]1Oc2cc(C)oc(=O)c2[C@@H]1c1ccc2c(c1)OCO2. The minimum Gasteiger partial charge on any atom is -0.477 e. The maximum atomic E-state index is 12.4. The van der Waals surface area contributed by atoms with Crippen LogP contribution in [-0.4, -0.2) is 26.0 Å². The van der Waals surface area contributed by atoms with Crippen LogP contribution in [0.5, 0.6) is 17.2 Å². The summed E-state index contributed by atoms with van der Waals surface area (Å²) in [6.07, 6.45) is -0.963. The third-order valence-corrected chi connectivity index (χ3v) is 4.13. The van der Waals surface area contributed by atoms with Gasteiger partial charge in [0, 0.05) is 6.07 Å². The molecule has 7 nitrogen and oxygen atoms in total. The lowest BCUT2D eigenvalue weighted by Crippen LogP contribution is -2.31. The smallest absolute Gasteiger partial charge is 0.348 e. The molecule has 1 aromatic heterocycles. The minimum atomic E-state index is -0.963. The first-order chi connectivity index (χ1) is 11.6. The lowest BCUT2D eigenvalue weighted by atomic mass is 9.88. The van der Waals surface area contributed by atoms with Gasteiger partial charge < -0.3 is 23.4 Å². The fourth-order valence-electron chi connectivity index (χ4n) is 3.08. The Bertz CT molecular complexity index is 883. The highest BCUT2D eigenvalue weighted by molar-refractivity contribution is 5.79. The van der Waals surface area contributed by atoms with Gasteiger partial charge in [0.25, 0.3) is 0 Å². The fourth-order valence-corrected chi connectivity index (χ4v) is 3.08. The van der Waals surface area contributed by atoms with E-state index in [1.807, 2.05) is 0 Å². The van der Waals surface area contributed by atoms with Crippen LogP contribution in [0.3, 0.4) is 0 Å². The predicted octanol–water partition coefficient (Wildman–Crippen LogP) is 1.74. The molecule has 0 radical (unpaired) electrons. The summed E-state index contributed by atoms with van der Waals surface area (Å²) in [5.41, 5.74) is 0.457. The molecule has 0 bridgehead atoms. The highest BCUT2D eigenvalue weighted by Gasteiger charge is 2.44. The first-order valence-electron chi connectivity index (χ1n) is 7.37. The Labute approximate surface area is 136 Å². The number of methoxy groups -OCH3 is 1. The molecular weight excluding hydrogens is 316 g/mol. The molecule has 0 amide bonds. The number of carbonyl (C=O) groups is 1. The zero-order chi connectivity index (χ0) is 16.8. The largest absolute Gasteiger partial charge is 0.477 e. The Morgan fingerprint density at radius 1 is 1.17 bits per heavy atom. The van der Waals surface area contributed by atoms with Crippen molar-refractivity contribution in [2.24, 2.45) is 0 Å². The number of fused-ring (bicyclic) bond motifs is 2. The summed E-state index contributed by atoms with van der Waals surface area (Å²) in [6, 6.07) is 6.84. The van der Waals surface area contributed by atoms with Gasteiger partial charge in [-0.2, -0.15) is 0 Å². The quantitative estimate of drug-likeness (QED) is 0.775. The van der Waals surface area contributed by atoms with Crippen molar-refractivity contribution in [3.05, 3.63) is 51.6 Å². The molecule has 0 N–H and O–H groups in total. The number of rotatable bonds is 2. The highest BCUT2D eigenvalue weighted by Crippen LogP contribution is 2.44. The normalized spacial score (nSPS) is 20.4. The first-order valence-corrected chi connectivity index (χ1v) is 7.37. The molecule has 2 aromatic rings. The van der Waals surface area contributed by atoms with Gasteiger partial charge in [0.2, 0.25) is 12.9 Å². The number of esters is 1. The van der Waals surface area contributed by atoms with Crippen LogP contribution in [0, 0.1) is 6.92 Å². The van der Waals surface area contributed by atoms with Crippen molar-refractivity contribution in [3.63, 3.8) is 0 Å². The maximum Gasteiger partial charge on any atom is 0.348 e. The third kappa shape index (κ3) is 2.12. The van der Waals surface area contributed by atoms with Crippen LogP contribution >= 0.6 is 0 Å². The van der Waals surface area contributed by atoms with E-state index in [-0.39, 0.29) is 6.79 Å². The summed E-state index contributed by atoms with van der Waals surface area (Å²) in [6.45, 7) is 1.78. The first kappa shape index (κ1) is 14.6. The van der Waals surface area contributed by atoms with E-state index in [1.54, 1.807) is 31.2 Å². The summed E-state index contributed by atoms with van der Waals surface area (Å²) >= 11 is 0. The van der Waals surface area contributed by atoms with E-state index in [1.165, 1.54) is 7.11 Å². The Hall–Kier alpha value is -2.96. The molecule has 0 unspecified atom stereocenters. The second-order valence-electron chi connectivity index (χ2n) is 5.57. The molecule has 0 saturated carbocycles. The molecule has 0 spiro atoms. The van der Waals surface area contributed by atoms with E-state index in [0.29, 0.717) is 34.1 Å². The molecule has 4 rings (SSSR count). The molecule has 3 heterocycles. The fraction of sp³-hybridized carbons (Fsp3) is 0.294. The lowest BCUT2D eigenvalue weighted by molar-refractivity contribution is -0.148. The van der Waals surface area contributed by atoms with Gasteiger partial charge in [-0.05, 0) is 24.6 Å². The summed E-state index contributed by atoms with van der Waals surface area (Å²) < 4.78 is 26.4. The number of aryl methyl sites for hydroxylation is 1. The van der Waals surface area contributed by atoms with Crippen molar-refractivity contribution in [2.45, 2.75) is 18.9 Å². The van der Waals surface area contributed by atoms with Gasteiger partial charge in [-0.15, -0.1) is 0 Å². The number of carbonyl (C=O) groups excluding carboxylic acids is 1. The van der Waals surface area contributed by atoms with Crippen molar-refractivity contribution in [1.82, 2.24) is 0 Å². The maximum absolute atomic E-state index is 12.4. The minimum absolute atomic E-state index is 0.137. The molecule has 2 aliphatic rings. The molecule has 124 valence electrons. The van der Waals surface area contributed by atoms with Gasteiger partial charge >= 0.3 is 11.6 Å². The standard InChI is InChI=1S/C17H14O7/c1-8-5-12-14(16(18)23-8)13(15(24-12)17(19)20-2)9-3-4-10-11(6-9)22-7-21-10/h3-6,13,15H,7H2,1-2H3/t13-,15-/m0/s1. The third-order valence-electron chi connectivity index (χ3n) is 4.13. The zero-order valence-electron chi connectivity index (χ0n) is 13.0. The molecule has 0 fully saturated rings. The molecule has 0 aliphatic carbocycles. The summed E-state index contributed by atoms with van der Waals surface area (Å²) in [7, 11) is 1.28. The van der Waals surface area contributed by atoms with Crippen molar-refractivity contribution < 1.29 is 28.2 Å². The summed E-state index contributed by atoms with van der Waals surface area (Å²) in [4.78, 5) is 24.5. The van der Waals surface area contributed by atoms with Gasteiger partial charge in [-0.1, -0.05) is 6.07 Å². The second-order valence-corrected chi connectivity index (χ2v) is 5.57. The zero-order valence-corrected chi connectivity index (χ0v) is 13.0. The number of benzene rings is 1. The van der Waals surface area contributed by atoms with Crippen LogP contribution in [0.25, 0.3) is 0 Å². The Morgan fingerprint density at radius 2 is 1.96 bits per heavy atom. The van der Waals surface area contributed by atoms with E-state index < -0.39 is 23.6 Å². The van der Waals surface area contributed by atoms with E-state index in [9.17, 15) is 9.59 Å². The van der Waals surface area contributed by atoms with Gasteiger partial charge in [0.1, 0.15) is 11.5 Å². The Morgan fingerprint density at radius 3 is 2.75 bits per heavy atom. The van der Waals surface area contributed by atoms with Crippen LogP contribution < -0.4 is 19.8 Å². The number of hydrogen-bond acceptors (Lipinski definition) is 7. The molecule has 2 aliphatic heterocycles. The van der Waals surface area contributed by atoms with E-state index >= 15 is 0 Å². The number of ether oxygens (including phenoxy) is 4. The molecular formula is C17H14O7. The van der Waals surface area contributed by atoms with Gasteiger partial charge in [-0.3, -0.25) is 0 Å². The summed E-state index contributed by atoms with van der Waals surface area (Å²) in [5, 5.41) is 0. The van der Waals surface area contributed by atoms with Crippen LogP contribution in [0.15, 0.2) is 33.5 Å². The predicted molar refractivity (Wildman–Crippen MR) is 80.6 cm³/mol. The van der Waals surface area contributed by atoms with Crippen molar-refractivity contribution >= 4 is 5.97 Å². The van der Waals surface area contributed by atoms with Gasteiger partial charge in [0.05, 0.1) is 18.6 Å². The van der Waals surface area contributed by atoms with Crippen molar-refractivity contribution in [2.75, 3.05) is 13.9 Å². The van der Waals surface area contributed by atoms with Crippen molar-refractivity contribution in [1.29, 1.82) is 0 Å². The average molecular weight is 330 g/mol. The van der Waals surface area contributed by atoms with Gasteiger partial charge in [-0.25, -0.2) is 9.59 Å². The van der Waals surface area contributed by atoms with Crippen LogP contribution in [0.2, 0.25) is 0 Å². The topological polar surface area (TPSA) is 84.2 Å². The van der Waals surface area contributed by atoms with Crippen LogP contribution in [-0.2, 0) is 9.53 Å². The summed E-state index contributed by atoms with van der Waals surface area (Å²) in [5.74, 6) is 0.713. The van der Waals surface area contributed by atoms with E-state index in [4.69, 9.17) is 23.4 Å². The lowest BCUT2D eigenvalue weighted by Gasteiger charge is -2.17. The highest BCUT2D eigenvalue weighted by atomic mass is 16.7. The molecule has 2 atom stereocenters. The number of hydrogen-bond donors (Lipinski definition) is 0. The molecule has 1 aromatic carbocycles. The molecule has 7 heteroatoms. The van der Waals surface area contributed by atoms with E-state index in [0.717, 1.165) is 0 Å².